The summed E-state index contributed by atoms with van der Waals surface area (Å²) in [7, 11) is 1.52. The molecule has 31 heavy (non-hydrogen) atoms. The second-order valence-corrected chi connectivity index (χ2v) is 7.30. The van der Waals surface area contributed by atoms with Crippen molar-refractivity contribution in [3.05, 3.63) is 82.9 Å². The molecule has 2 N–H and O–H groups in total. The van der Waals surface area contributed by atoms with Crippen LogP contribution in [0.4, 0.5) is 11.4 Å². The normalized spacial score (nSPS) is 11.4. The number of para-hydroxylation sites is 1. The van der Waals surface area contributed by atoms with E-state index >= 15 is 0 Å². The van der Waals surface area contributed by atoms with Gasteiger partial charge in [0.2, 0.25) is 0 Å². The number of halogens is 1. The molecule has 0 heterocycles. The van der Waals surface area contributed by atoms with Crippen LogP contribution in [-0.4, -0.2) is 25.0 Å². The summed E-state index contributed by atoms with van der Waals surface area (Å²) in [5.41, 5.74) is 2.76. The topological polar surface area (TPSA) is 76.7 Å². The van der Waals surface area contributed by atoms with Crippen LogP contribution >= 0.6 is 11.6 Å². The van der Waals surface area contributed by atoms with Crippen LogP contribution in [0.1, 0.15) is 22.8 Å². The summed E-state index contributed by atoms with van der Waals surface area (Å²) in [4.78, 5) is 24.9. The Labute approximate surface area is 186 Å². The maximum atomic E-state index is 12.4. The van der Waals surface area contributed by atoms with Crippen LogP contribution in [0.25, 0.3) is 0 Å². The third kappa shape index (κ3) is 5.77. The Bertz CT molecular complexity index is 1080. The van der Waals surface area contributed by atoms with Gasteiger partial charge in [0.25, 0.3) is 11.8 Å². The molecule has 0 aliphatic heterocycles. The van der Waals surface area contributed by atoms with Gasteiger partial charge < -0.3 is 20.1 Å². The molecule has 0 saturated heterocycles. The molecule has 0 aliphatic rings. The lowest BCUT2D eigenvalue weighted by Crippen LogP contribution is -2.30. The fourth-order valence-corrected chi connectivity index (χ4v) is 3.10. The maximum absolute atomic E-state index is 12.4. The van der Waals surface area contributed by atoms with Crippen molar-refractivity contribution in [3.8, 4) is 11.5 Å². The number of carbonyl (C=O) groups is 2. The number of hydrogen-bond donors (Lipinski definition) is 2. The molecule has 0 aromatic heterocycles. The Balaban J connectivity index is 1.58. The highest BCUT2D eigenvalue weighted by atomic mass is 35.5. The highest BCUT2D eigenvalue weighted by Gasteiger charge is 2.16. The third-order valence-electron chi connectivity index (χ3n) is 4.61. The van der Waals surface area contributed by atoms with E-state index in [0.717, 1.165) is 11.3 Å². The summed E-state index contributed by atoms with van der Waals surface area (Å²) in [5.74, 6) is 0.448. The van der Waals surface area contributed by atoms with Crippen LogP contribution in [0.2, 0.25) is 5.02 Å². The first-order valence-electron chi connectivity index (χ1n) is 9.65. The number of amides is 2. The first-order valence-corrected chi connectivity index (χ1v) is 10.0. The van der Waals surface area contributed by atoms with Gasteiger partial charge in [0.05, 0.1) is 12.1 Å². The van der Waals surface area contributed by atoms with Crippen molar-refractivity contribution in [2.24, 2.45) is 0 Å². The fraction of sp³-hybridized carbons (Fsp3) is 0.167. The minimum absolute atomic E-state index is 0.219. The van der Waals surface area contributed by atoms with Gasteiger partial charge in [-0.3, -0.25) is 9.59 Å². The van der Waals surface area contributed by atoms with Gasteiger partial charge in [-0.1, -0.05) is 29.8 Å². The highest BCUT2D eigenvalue weighted by Crippen LogP contribution is 2.27. The molecule has 3 aromatic carbocycles. The van der Waals surface area contributed by atoms with Gasteiger partial charge in [0, 0.05) is 16.9 Å². The van der Waals surface area contributed by atoms with Crippen molar-refractivity contribution >= 4 is 34.8 Å². The van der Waals surface area contributed by atoms with E-state index in [1.807, 2.05) is 31.2 Å². The average molecular weight is 439 g/mol. The van der Waals surface area contributed by atoms with E-state index < -0.39 is 6.10 Å². The molecular weight excluding hydrogens is 416 g/mol. The molecule has 6 nitrogen and oxygen atoms in total. The number of methoxy groups -OCH3 is 1. The molecule has 3 rings (SSSR count). The van der Waals surface area contributed by atoms with E-state index in [1.165, 1.54) is 7.11 Å². The quantitative estimate of drug-likeness (QED) is 0.523. The van der Waals surface area contributed by atoms with Gasteiger partial charge >= 0.3 is 0 Å². The van der Waals surface area contributed by atoms with Crippen molar-refractivity contribution in [2.45, 2.75) is 20.0 Å². The monoisotopic (exact) mass is 438 g/mol. The number of rotatable bonds is 7. The summed E-state index contributed by atoms with van der Waals surface area (Å²) in [6.07, 6.45) is -0.757. The van der Waals surface area contributed by atoms with Crippen molar-refractivity contribution in [3.63, 3.8) is 0 Å². The zero-order valence-corrected chi connectivity index (χ0v) is 18.2. The molecule has 0 spiro atoms. The molecule has 1 atom stereocenters. The maximum Gasteiger partial charge on any atom is 0.265 e. The molecule has 1 unspecified atom stereocenters. The third-order valence-corrected chi connectivity index (χ3v) is 4.91. The molecule has 2 amide bonds. The molecule has 7 heteroatoms. The number of carbonyl (C=O) groups excluding carboxylic acids is 2. The number of benzene rings is 3. The second-order valence-electron chi connectivity index (χ2n) is 6.89. The van der Waals surface area contributed by atoms with Crippen LogP contribution in [0.15, 0.2) is 66.7 Å². The standard InChI is InChI=1S/C24H23ClN2O4/c1-15-6-4-5-7-21(15)27-24(29)17-8-11-19(12-9-17)31-16(2)23(28)26-18-10-13-22(30-3)20(25)14-18/h4-14,16H,1-3H3,(H,26,28)(H,27,29). The minimum Gasteiger partial charge on any atom is -0.495 e. The molecule has 0 aliphatic carbocycles. The Hall–Kier alpha value is -3.51. The average Bonchev–Trinajstić information content (AvgIpc) is 2.76. The van der Waals surface area contributed by atoms with Crippen molar-refractivity contribution in [1.82, 2.24) is 0 Å². The summed E-state index contributed by atoms with van der Waals surface area (Å²) in [6.45, 7) is 3.57. The van der Waals surface area contributed by atoms with Crippen molar-refractivity contribution in [1.29, 1.82) is 0 Å². The lowest BCUT2D eigenvalue weighted by atomic mass is 10.1. The largest absolute Gasteiger partial charge is 0.495 e. The van der Waals surface area contributed by atoms with Crippen LogP contribution < -0.4 is 20.1 Å². The van der Waals surface area contributed by atoms with E-state index in [-0.39, 0.29) is 11.8 Å². The van der Waals surface area contributed by atoms with Gasteiger partial charge in [-0.05, 0) is 67.9 Å². The smallest absolute Gasteiger partial charge is 0.265 e. The van der Waals surface area contributed by atoms with E-state index in [4.69, 9.17) is 21.1 Å². The van der Waals surface area contributed by atoms with E-state index in [2.05, 4.69) is 10.6 Å². The first kappa shape index (κ1) is 22.2. The fourth-order valence-electron chi connectivity index (χ4n) is 2.84. The Morgan fingerprint density at radius 2 is 1.68 bits per heavy atom. The number of ether oxygens (including phenoxy) is 2. The van der Waals surface area contributed by atoms with Crippen LogP contribution in [-0.2, 0) is 4.79 Å². The molecule has 0 fully saturated rings. The highest BCUT2D eigenvalue weighted by molar-refractivity contribution is 6.32. The molecule has 3 aromatic rings. The number of nitrogens with one attached hydrogen (secondary N) is 2. The molecular formula is C24H23ClN2O4. The molecule has 0 bridgehead atoms. The first-order chi connectivity index (χ1) is 14.9. The van der Waals surface area contributed by atoms with Gasteiger partial charge in [-0.2, -0.15) is 0 Å². The number of aryl methyl sites for hydroxylation is 1. The SMILES string of the molecule is COc1ccc(NC(=O)C(C)Oc2ccc(C(=O)Nc3ccccc3C)cc2)cc1Cl. The van der Waals surface area contributed by atoms with Crippen LogP contribution in [0.5, 0.6) is 11.5 Å². The number of anilines is 2. The van der Waals surface area contributed by atoms with Crippen molar-refractivity contribution in [2.75, 3.05) is 17.7 Å². The summed E-state index contributed by atoms with van der Waals surface area (Å²) < 4.78 is 10.8. The number of hydrogen-bond acceptors (Lipinski definition) is 4. The summed E-state index contributed by atoms with van der Waals surface area (Å²) in [6, 6.07) is 19.1. The van der Waals surface area contributed by atoms with E-state index in [0.29, 0.717) is 27.8 Å². The molecule has 0 saturated carbocycles. The van der Waals surface area contributed by atoms with E-state index in [9.17, 15) is 9.59 Å². The van der Waals surface area contributed by atoms with Gasteiger partial charge in [-0.15, -0.1) is 0 Å². The van der Waals surface area contributed by atoms with Crippen molar-refractivity contribution < 1.29 is 19.1 Å². The molecule has 0 radical (unpaired) electrons. The molecule has 160 valence electrons. The second kappa shape index (κ2) is 10.00. The predicted molar refractivity (Wildman–Crippen MR) is 122 cm³/mol. The zero-order chi connectivity index (χ0) is 22.4. The lowest BCUT2D eigenvalue weighted by Gasteiger charge is -2.15. The van der Waals surface area contributed by atoms with Crippen LogP contribution in [0.3, 0.4) is 0 Å². The minimum atomic E-state index is -0.757. The lowest BCUT2D eigenvalue weighted by molar-refractivity contribution is -0.122. The van der Waals surface area contributed by atoms with Crippen LogP contribution in [0, 0.1) is 6.92 Å². The Kier molecular flexibility index (Phi) is 7.15. The predicted octanol–water partition coefficient (Wildman–Crippen LogP) is 5.32. The van der Waals surface area contributed by atoms with Gasteiger partial charge in [-0.25, -0.2) is 0 Å². The van der Waals surface area contributed by atoms with E-state index in [1.54, 1.807) is 49.4 Å². The summed E-state index contributed by atoms with van der Waals surface area (Å²) in [5, 5.41) is 6.03. The van der Waals surface area contributed by atoms with Gasteiger partial charge in [0.1, 0.15) is 11.5 Å². The summed E-state index contributed by atoms with van der Waals surface area (Å²) >= 11 is 6.08. The Morgan fingerprint density at radius 1 is 0.968 bits per heavy atom. The Morgan fingerprint density at radius 3 is 2.32 bits per heavy atom. The van der Waals surface area contributed by atoms with Gasteiger partial charge in [0.15, 0.2) is 6.10 Å². The zero-order valence-electron chi connectivity index (χ0n) is 17.4.